The lowest BCUT2D eigenvalue weighted by atomic mass is 10.2. The molecule has 0 N–H and O–H groups in total. The molecule has 0 aromatic rings. The Morgan fingerprint density at radius 1 is 1.89 bits per heavy atom. The Balaban J connectivity index is 2.53. The van der Waals surface area contributed by atoms with Crippen LogP contribution in [0.5, 0.6) is 0 Å². The second kappa shape index (κ2) is 2.00. The fourth-order valence-electron chi connectivity index (χ4n) is 0.449. The Bertz CT molecular complexity index is 198. The van der Waals surface area contributed by atoms with Crippen molar-refractivity contribution in [2.24, 2.45) is 0 Å². The Morgan fingerprint density at radius 3 is 2.78 bits per heavy atom. The van der Waals surface area contributed by atoms with Crippen molar-refractivity contribution >= 4 is 5.78 Å². The van der Waals surface area contributed by atoms with E-state index in [4.69, 9.17) is 5.26 Å². The van der Waals surface area contributed by atoms with Crippen LogP contribution in [0, 0.1) is 11.3 Å². The third kappa shape index (κ3) is 1.15. The number of nitriles is 1. The standard InChI is InChI=1S/C6H5NO2/c1-4(2-7)6(8)5-3-9-5/h5H,1,3H2. The zero-order valence-electron chi connectivity index (χ0n) is 4.76. The quantitative estimate of drug-likeness (QED) is 0.296. The van der Waals surface area contributed by atoms with Gasteiger partial charge in [0.05, 0.1) is 12.2 Å². The van der Waals surface area contributed by atoms with Crippen molar-refractivity contribution in [3.05, 3.63) is 12.2 Å². The van der Waals surface area contributed by atoms with Crippen LogP contribution in [-0.4, -0.2) is 18.5 Å². The highest BCUT2D eigenvalue weighted by Crippen LogP contribution is 2.13. The van der Waals surface area contributed by atoms with Crippen LogP contribution in [0.25, 0.3) is 0 Å². The highest BCUT2D eigenvalue weighted by molar-refractivity contribution is 6.02. The van der Waals surface area contributed by atoms with Crippen molar-refractivity contribution < 1.29 is 9.53 Å². The van der Waals surface area contributed by atoms with Crippen molar-refractivity contribution in [2.75, 3.05) is 6.61 Å². The van der Waals surface area contributed by atoms with Crippen molar-refractivity contribution in [3.8, 4) is 6.07 Å². The molecule has 1 rings (SSSR count). The van der Waals surface area contributed by atoms with Gasteiger partial charge in [0.25, 0.3) is 0 Å². The summed E-state index contributed by atoms with van der Waals surface area (Å²) in [5.74, 6) is -0.280. The molecule has 1 aliphatic heterocycles. The molecule has 0 saturated carbocycles. The van der Waals surface area contributed by atoms with Crippen LogP contribution in [0.15, 0.2) is 12.2 Å². The number of epoxide rings is 1. The van der Waals surface area contributed by atoms with Crippen molar-refractivity contribution in [3.63, 3.8) is 0 Å². The molecule has 1 saturated heterocycles. The van der Waals surface area contributed by atoms with Crippen LogP contribution in [0.3, 0.4) is 0 Å². The van der Waals surface area contributed by atoms with Crippen LogP contribution in [-0.2, 0) is 9.53 Å². The maximum atomic E-state index is 10.7. The minimum Gasteiger partial charge on any atom is -0.364 e. The summed E-state index contributed by atoms with van der Waals surface area (Å²) in [6, 6.07) is 1.66. The molecule has 0 aliphatic carbocycles. The van der Waals surface area contributed by atoms with E-state index >= 15 is 0 Å². The molecule has 1 fully saturated rings. The van der Waals surface area contributed by atoms with Crippen LogP contribution in [0.4, 0.5) is 0 Å². The van der Waals surface area contributed by atoms with Gasteiger partial charge >= 0.3 is 0 Å². The molecule has 1 unspecified atom stereocenters. The molecule has 0 amide bonds. The summed E-state index contributed by atoms with van der Waals surface area (Å²) in [7, 11) is 0. The maximum Gasteiger partial charge on any atom is 0.203 e. The first-order chi connectivity index (χ1) is 4.25. The monoisotopic (exact) mass is 123 g/mol. The molecule has 0 aromatic carbocycles. The number of carbonyl (C=O) groups excluding carboxylic acids is 1. The lowest BCUT2D eigenvalue weighted by Gasteiger charge is -1.85. The van der Waals surface area contributed by atoms with Gasteiger partial charge < -0.3 is 4.74 Å². The smallest absolute Gasteiger partial charge is 0.203 e. The Labute approximate surface area is 52.5 Å². The van der Waals surface area contributed by atoms with E-state index in [0.29, 0.717) is 6.61 Å². The molecule has 1 aliphatic rings. The fraction of sp³-hybridized carbons (Fsp3) is 0.333. The minimum absolute atomic E-state index is 0.0162. The number of ketones is 1. The van der Waals surface area contributed by atoms with Gasteiger partial charge in [-0.15, -0.1) is 0 Å². The molecule has 9 heavy (non-hydrogen) atoms. The van der Waals surface area contributed by atoms with Crippen LogP contribution >= 0.6 is 0 Å². The predicted molar refractivity (Wildman–Crippen MR) is 29.5 cm³/mol. The average Bonchev–Trinajstić information content (AvgIpc) is 2.66. The molecule has 0 bridgehead atoms. The molecule has 3 nitrogen and oxygen atoms in total. The van der Waals surface area contributed by atoms with Gasteiger partial charge in [0.2, 0.25) is 5.78 Å². The zero-order valence-corrected chi connectivity index (χ0v) is 4.76. The van der Waals surface area contributed by atoms with E-state index in [-0.39, 0.29) is 17.5 Å². The topological polar surface area (TPSA) is 53.4 Å². The van der Waals surface area contributed by atoms with E-state index in [0.717, 1.165) is 0 Å². The zero-order chi connectivity index (χ0) is 6.85. The molecular formula is C6H5NO2. The summed E-state index contributed by atoms with van der Waals surface area (Å²) in [6.07, 6.45) is -0.364. The third-order valence-electron chi connectivity index (χ3n) is 1.06. The van der Waals surface area contributed by atoms with Gasteiger partial charge in [-0.05, 0) is 0 Å². The molecular weight excluding hydrogens is 118 g/mol. The van der Waals surface area contributed by atoms with Gasteiger partial charge in [-0.25, -0.2) is 0 Å². The van der Waals surface area contributed by atoms with Crippen LogP contribution < -0.4 is 0 Å². The fourth-order valence-corrected chi connectivity index (χ4v) is 0.449. The number of nitrogens with zero attached hydrogens (tertiary/aromatic N) is 1. The SMILES string of the molecule is C=C(C#N)C(=O)C1CO1. The Kier molecular flexibility index (Phi) is 1.33. The summed E-state index contributed by atoms with van der Waals surface area (Å²) >= 11 is 0. The first-order valence-electron chi connectivity index (χ1n) is 2.50. The Hall–Kier alpha value is -1.14. The lowest BCUT2D eigenvalue weighted by Crippen LogP contribution is -2.07. The normalized spacial score (nSPS) is 22.3. The molecule has 1 atom stereocenters. The Morgan fingerprint density at radius 2 is 2.44 bits per heavy atom. The van der Waals surface area contributed by atoms with Gasteiger partial charge in [0.15, 0.2) is 0 Å². The molecule has 3 heteroatoms. The molecule has 0 aromatic heterocycles. The number of hydrogen-bond donors (Lipinski definition) is 0. The highest BCUT2D eigenvalue weighted by Gasteiger charge is 2.32. The molecule has 1 heterocycles. The number of ether oxygens (including phenoxy) is 1. The van der Waals surface area contributed by atoms with Gasteiger partial charge in [0, 0.05) is 0 Å². The first kappa shape index (κ1) is 5.99. The summed E-state index contributed by atoms with van der Waals surface area (Å²) in [6.45, 7) is 3.69. The molecule has 0 spiro atoms. The largest absolute Gasteiger partial charge is 0.364 e. The van der Waals surface area contributed by atoms with Gasteiger partial charge in [0.1, 0.15) is 12.2 Å². The summed E-state index contributed by atoms with van der Waals surface area (Å²) in [4.78, 5) is 10.7. The van der Waals surface area contributed by atoms with Gasteiger partial charge in [-0.1, -0.05) is 6.58 Å². The molecule has 46 valence electrons. The van der Waals surface area contributed by atoms with Crippen molar-refractivity contribution in [1.82, 2.24) is 0 Å². The first-order valence-corrected chi connectivity index (χ1v) is 2.50. The van der Waals surface area contributed by atoms with E-state index in [2.05, 4.69) is 11.3 Å². The van der Waals surface area contributed by atoms with E-state index in [9.17, 15) is 4.79 Å². The summed E-state index contributed by atoms with van der Waals surface area (Å²) in [5, 5.41) is 8.16. The van der Waals surface area contributed by atoms with E-state index in [1.807, 2.05) is 0 Å². The van der Waals surface area contributed by atoms with E-state index in [1.165, 1.54) is 0 Å². The lowest BCUT2D eigenvalue weighted by molar-refractivity contribution is -0.116. The van der Waals surface area contributed by atoms with Crippen molar-refractivity contribution in [2.45, 2.75) is 6.10 Å². The second-order valence-electron chi connectivity index (χ2n) is 1.78. The van der Waals surface area contributed by atoms with E-state index in [1.54, 1.807) is 6.07 Å². The highest BCUT2D eigenvalue weighted by atomic mass is 16.6. The number of carbonyl (C=O) groups is 1. The van der Waals surface area contributed by atoms with Crippen LogP contribution in [0.1, 0.15) is 0 Å². The minimum atomic E-state index is -0.364. The third-order valence-corrected chi connectivity index (χ3v) is 1.06. The number of rotatable bonds is 2. The maximum absolute atomic E-state index is 10.7. The predicted octanol–water partition coefficient (Wildman–Crippen LogP) is 0.0341. The van der Waals surface area contributed by atoms with Crippen LogP contribution in [0.2, 0.25) is 0 Å². The van der Waals surface area contributed by atoms with E-state index < -0.39 is 0 Å². The number of hydrogen-bond acceptors (Lipinski definition) is 3. The average molecular weight is 123 g/mol. The second-order valence-corrected chi connectivity index (χ2v) is 1.78. The molecule has 0 radical (unpaired) electrons. The summed E-state index contributed by atoms with van der Waals surface area (Å²) < 4.78 is 4.63. The van der Waals surface area contributed by atoms with Gasteiger partial charge in [-0.2, -0.15) is 5.26 Å². The number of Topliss-reactive ketones (excluding diaryl/α,β-unsaturated/α-hetero) is 1. The van der Waals surface area contributed by atoms with Gasteiger partial charge in [-0.3, -0.25) is 4.79 Å². The summed E-state index contributed by atoms with van der Waals surface area (Å²) in [5.41, 5.74) is -0.0162. The van der Waals surface area contributed by atoms with Crippen molar-refractivity contribution in [1.29, 1.82) is 5.26 Å².